The van der Waals surface area contributed by atoms with Crippen molar-refractivity contribution < 1.29 is 19.7 Å². The van der Waals surface area contributed by atoms with Gasteiger partial charge in [-0.1, -0.05) is 0 Å². The molecule has 100 valence electrons. The van der Waals surface area contributed by atoms with Crippen molar-refractivity contribution in [2.24, 2.45) is 0 Å². The van der Waals surface area contributed by atoms with Crippen molar-refractivity contribution in [1.29, 1.82) is 0 Å². The second-order valence-electron chi connectivity index (χ2n) is 5.39. The van der Waals surface area contributed by atoms with Crippen LogP contribution in [0, 0.1) is 0 Å². The zero-order valence-electron chi connectivity index (χ0n) is 10.8. The Kier molecular flexibility index (Phi) is 4.91. The average molecular weight is 245 g/mol. The van der Waals surface area contributed by atoms with Gasteiger partial charge in [-0.15, -0.1) is 0 Å². The van der Waals surface area contributed by atoms with Crippen LogP contribution in [0.25, 0.3) is 0 Å². The summed E-state index contributed by atoms with van der Waals surface area (Å²) in [6, 6.07) is 0.198. The van der Waals surface area contributed by atoms with Gasteiger partial charge < -0.3 is 14.9 Å². The molecule has 17 heavy (non-hydrogen) atoms. The third-order valence-corrected chi connectivity index (χ3v) is 3.11. The Balaban J connectivity index is 2.53. The number of rotatable bonds is 5. The molecule has 0 aromatic carbocycles. The quantitative estimate of drug-likeness (QED) is 0.746. The number of nitrogens with zero attached hydrogens (tertiary/aromatic N) is 1. The van der Waals surface area contributed by atoms with Gasteiger partial charge in [0.15, 0.2) is 0 Å². The van der Waals surface area contributed by atoms with Gasteiger partial charge in [0.2, 0.25) is 0 Å². The number of carbonyl (C=O) groups is 1. The Morgan fingerprint density at radius 2 is 2.24 bits per heavy atom. The van der Waals surface area contributed by atoms with Crippen LogP contribution in [0.1, 0.15) is 33.6 Å². The summed E-state index contributed by atoms with van der Waals surface area (Å²) in [5.41, 5.74) is -0.289. The monoisotopic (exact) mass is 245 g/mol. The van der Waals surface area contributed by atoms with Crippen LogP contribution in [0.5, 0.6) is 0 Å². The summed E-state index contributed by atoms with van der Waals surface area (Å²) >= 11 is 0. The zero-order chi connectivity index (χ0) is 13.1. The topological polar surface area (TPSA) is 70.0 Å². The van der Waals surface area contributed by atoms with E-state index in [2.05, 4.69) is 4.90 Å². The first-order chi connectivity index (χ1) is 7.84. The SMILES string of the molecule is CC(CCC(=O)O)N1CC(CO)OC(C)(C)C1. The number of morpholine rings is 1. The fourth-order valence-corrected chi connectivity index (χ4v) is 2.29. The first-order valence-electron chi connectivity index (χ1n) is 6.08. The molecule has 2 unspecified atom stereocenters. The van der Waals surface area contributed by atoms with E-state index in [-0.39, 0.29) is 30.8 Å². The minimum absolute atomic E-state index is 0.00554. The molecule has 0 amide bonds. The van der Waals surface area contributed by atoms with Crippen LogP contribution in [-0.4, -0.2) is 58.5 Å². The second kappa shape index (κ2) is 5.80. The summed E-state index contributed by atoms with van der Waals surface area (Å²) in [5.74, 6) is -0.761. The van der Waals surface area contributed by atoms with E-state index in [4.69, 9.17) is 9.84 Å². The molecule has 0 saturated carbocycles. The van der Waals surface area contributed by atoms with E-state index < -0.39 is 5.97 Å². The van der Waals surface area contributed by atoms with Crippen molar-refractivity contribution in [1.82, 2.24) is 4.90 Å². The van der Waals surface area contributed by atoms with E-state index in [1.165, 1.54) is 0 Å². The molecule has 1 aliphatic rings. The first kappa shape index (κ1) is 14.4. The van der Waals surface area contributed by atoms with Gasteiger partial charge in [0, 0.05) is 25.6 Å². The predicted octanol–water partition coefficient (Wildman–Crippen LogP) is 0.711. The van der Waals surface area contributed by atoms with Crippen molar-refractivity contribution in [2.75, 3.05) is 19.7 Å². The molecule has 1 fully saturated rings. The van der Waals surface area contributed by atoms with Gasteiger partial charge in [-0.25, -0.2) is 0 Å². The van der Waals surface area contributed by atoms with E-state index in [1.807, 2.05) is 20.8 Å². The van der Waals surface area contributed by atoms with Crippen LogP contribution < -0.4 is 0 Å². The molecule has 0 aromatic rings. The Morgan fingerprint density at radius 1 is 1.59 bits per heavy atom. The highest BCUT2D eigenvalue weighted by Crippen LogP contribution is 2.23. The number of aliphatic hydroxyl groups excluding tert-OH is 1. The van der Waals surface area contributed by atoms with E-state index in [1.54, 1.807) is 0 Å². The number of carboxylic acid groups (broad SMARTS) is 1. The molecule has 0 aliphatic carbocycles. The lowest BCUT2D eigenvalue weighted by Crippen LogP contribution is -2.56. The molecule has 0 spiro atoms. The summed E-state index contributed by atoms with van der Waals surface area (Å²) in [7, 11) is 0. The molecule has 1 heterocycles. The standard InChI is InChI=1S/C12H23NO4/c1-9(4-5-11(15)16)13-6-10(7-14)17-12(2,3)8-13/h9-10,14H,4-8H2,1-3H3,(H,15,16). The average Bonchev–Trinajstić information content (AvgIpc) is 2.23. The molecule has 5 heteroatoms. The van der Waals surface area contributed by atoms with Crippen LogP contribution in [0.4, 0.5) is 0 Å². The minimum Gasteiger partial charge on any atom is -0.481 e. The summed E-state index contributed by atoms with van der Waals surface area (Å²) in [4.78, 5) is 12.8. The van der Waals surface area contributed by atoms with Crippen molar-refractivity contribution in [3.63, 3.8) is 0 Å². The molecule has 1 rings (SSSR count). The predicted molar refractivity (Wildman–Crippen MR) is 63.9 cm³/mol. The number of ether oxygens (including phenoxy) is 1. The number of aliphatic carboxylic acids is 1. The Labute approximate surface area is 102 Å². The van der Waals surface area contributed by atoms with Gasteiger partial charge in [0.25, 0.3) is 0 Å². The fourth-order valence-electron chi connectivity index (χ4n) is 2.29. The lowest BCUT2D eigenvalue weighted by molar-refractivity contribution is -0.156. The van der Waals surface area contributed by atoms with Crippen LogP contribution in [0.2, 0.25) is 0 Å². The molecule has 5 nitrogen and oxygen atoms in total. The highest BCUT2D eigenvalue weighted by atomic mass is 16.5. The van der Waals surface area contributed by atoms with Gasteiger partial charge in [-0.2, -0.15) is 0 Å². The summed E-state index contributed by atoms with van der Waals surface area (Å²) < 4.78 is 5.72. The summed E-state index contributed by atoms with van der Waals surface area (Å²) in [6.45, 7) is 7.45. The van der Waals surface area contributed by atoms with Crippen LogP contribution in [0.3, 0.4) is 0 Å². The van der Waals surface area contributed by atoms with Gasteiger partial charge >= 0.3 is 5.97 Å². The van der Waals surface area contributed by atoms with E-state index in [0.29, 0.717) is 13.0 Å². The van der Waals surface area contributed by atoms with E-state index >= 15 is 0 Å². The number of carboxylic acids is 1. The second-order valence-corrected chi connectivity index (χ2v) is 5.39. The maximum Gasteiger partial charge on any atom is 0.303 e. The largest absolute Gasteiger partial charge is 0.481 e. The lowest BCUT2D eigenvalue weighted by Gasteiger charge is -2.44. The Bertz CT molecular complexity index is 267. The Morgan fingerprint density at radius 3 is 2.76 bits per heavy atom. The minimum atomic E-state index is -0.761. The summed E-state index contributed by atoms with van der Waals surface area (Å²) in [6.07, 6.45) is 0.637. The number of hydrogen-bond acceptors (Lipinski definition) is 4. The fraction of sp³-hybridized carbons (Fsp3) is 0.917. The van der Waals surface area contributed by atoms with Crippen LogP contribution >= 0.6 is 0 Å². The van der Waals surface area contributed by atoms with Gasteiger partial charge in [-0.3, -0.25) is 9.69 Å². The molecular weight excluding hydrogens is 222 g/mol. The molecule has 1 aliphatic heterocycles. The van der Waals surface area contributed by atoms with E-state index in [0.717, 1.165) is 6.54 Å². The smallest absolute Gasteiger partial charge is 0.303 e. The lowest BCUT2D eigenvalue weighted by atomic mass is 10.0. The van der Waals surface area contributed by atoms with Crippen molar-refractivity contribution >= 4 is 5.97 Å². The Hall–Kier alpha value is -0.650. The normalized spacial score (nSPS) is 26.7. The number of hydrogen-bond donors (Lipinski definition) is 2. The number of aliphatic hydroxyl groups is 1. The molecule has 2 atom stereocenters. The molecular formula is C12H23NO4. The first-order valence-corrected chi connectivity index (χ1v) is 6.08. The highest BCUT2D eigenvalue weighted by molar-refractivity contribution is 5.66. The molecule has 2 N–H and O–H groups in total. The maximum absolute atomic E-state index is 10.6. The highest BCUT2D eigenvalue weighted by Gasteiger charge is 2.34. The zero-order valence-corrected chi connectivity index (χ0v) is 10.8. The molecule has 0 bridgehead atoms. The third-order valence-electron chi connectivity index (χ3n) is 3.11. The van der Waals surface area contributed by atoms with Crippen LogP contribution in [-0.2, 0) is 9.53 Å². The summed E-state index contributed by atoms with van der Waals surface area (Å²) in [5, 5.41) is 17.9. The third kappa shape index (κ3) is 4.61. The van der Waals surface area contributed by atoms with Gasteiger partial charge in [-0.05, 0) is 27.2 Å². The van der Waals surface area contributed by atoms with Gasteiger partial charge in [0.1, 0.15) is 0 Å². The van der Waals surface area contributed by atoms with Gasteiger partial charge in [0.05, 0.1) is 18.3 Å². The molecule has 0 radical (unpaired) electrons. The molecule has 0 aromatic heterocycles. The van der Waals surface area contributed by atoms with Crippen LogP contribution in [0.15, 0.2) is 0 Å². The van der Waals surface area contributed by atoms with Crippen molar-refractivity contribution in [2.45, 2.75) is 51.4 Å². The molecule has 1 saturated heterocycles. The van der Waals surface area contributed by atoms with Crippen molar-refractivity contribution in [3.05, 3.63) is 0 Å². The van der Waals surface area contributed by atoms with Crippen molar-refractivity contribution in [3.8, 4) is 0 Å². The maximum atomic E-state index is 10.6. The van der Waals surface area contributed by atoms with E-state index in [9.17, 15) is 9.90 Å².